The second-order valence-corrected chi connectivity index (χ2v) is 8.38. The van der Waals surface area contributed by atoms with Crippen LogP contribution < -0.4 is 11.1 Å². The third kappa shape index (κ3) is 4.57. The number of carbonyl (C=O) groups is 1. The molecule has 5 nitrogen and oxygen atoms in total. The lowest BCUT2D eigenvalue weighted by molar-refractivity contribution is 0.0694. The molecule has 3 fully saturated rings. The van der Waals surface area contributed by atoms with Crippen LogP contribution in [0.4, 0.5) is 5.69 Å². The van der Waals surface area contributed by atoms with Crippen LogP contribution in [0.15, 0.2) is 24.3 Å². The highest BCUT2D eigenvalue weighted by atomic mass is 16.1. The summed E-state index contributed by atoms with van der Waals surface area (Å²) in [6.45, 7) is 6.26. The average Bonchev–Trinajstić information content (AvgIpc) is 3.48. The standard InChI is InChI=1S/C21H32N4O/c22-18-5-3-17(4-6-18)21(26)23-19-7-9-20(10-8-19)25-13-11-24(12-14-25)15-16-1-2-16/h3-6,16,19-20H,1-2,7-15,22H2,(H,23,26). The molecule has 2 saturated carbocycles. The molecule has 0 spiro atoms. The van der Waals surface area contributed by atoms with Crippen LogP contribution in [0.1, 0.15) is 48.9 Å². The van der Waals surface area contributed by atoms with Crippen LogP contribution >= 0.6 is 0 Å². The summed E-state index contributed by atoms with van der Waals surface area (Å²) in [5.41, 5.74) is 7.09. The van der Waals surface area contributed by atoms with Crippen molar-refractivity contribution in [1.82, 2.24) is 15.1 Å². The topological polar surface area (TPSA) is 61.6 Å². The van der Waals surface area contributed by atoms with Crippen molar-refractivity contribution in [2.24, 2.45) is 5.92 Å². The van der Waals surface area contributed by atoms with Gasteiger partial charge in [-0.2, -0.15) is 0 Å². The molecule has 3 aliphatic rings. The van der Waals surface area contributed by atoms with Crippen LogP contribution in [0.5, 0.6) is 0 Å². The van der Waals surface area contributed by atoms with Crippen molar-refractivity contribution in [1.29, 1.82) is 0 Å². The van der Waals surface area contributed by atoms with E-state index in [4.69, 9.17) is 5.73 Å². The van der Waals surface area contributed by atoms with Gasteiger partial charge in [-0.3, -0.25) is 9.69 Å². The van der Waals surface area contributed by atoms with Gasteiger partial charge in [-0.25, -0.2) is 0 Å². The third-order valence-corrected chi connectivity index (χ3v) is 6.34. The van der Waals surface area contributed by atoms with Gasteiger partial charge in [0.05, 0.1) is 0 Å². The fourth-order valence-electron chi connectivity index (χ4n) is 4.47. The number of nitrogens with zero attached hydrogens (tertiary/aromatic N) is 2. The maximum absolute atomic E-state index is 12.4. The molecular weight excluding hydrogens is 324 g/mol. The normalized spacial score (nSPS) is 28.0. The first-order valence-corrected chi connectivity index (χ1v) is 10.3. The molecule has 3 N–H and O–H groups in total. The number of amides is 1. The Hall–Kier alpha value is -1.59. The minimum absolute atomic E-state index is 0.0298. The van der Waals surface area contributed by atoms with Crippen molar-refractivity contribution in [2.45, 2.75) is 50.6 Å². The number of hydrogen-bond donors (Lipinski definition) is 2. The number of nitrogen functional groups attached to an aromatic ring is 1. The average molecular weight is 357 g/mol. The van der Waals surface area contributed by atoms with Gasteiger partial charge in [0.1, 0.15) is 0 Å². The van der Waals surface area contributed by atoms with Crippen LogP contribution in [0.2, 0.25) is 0 Å². The first kappa shape index (κ1) is 17.8. The number of piperazine rings is 1. The number of hydrogen-bond acceptors (Lipinski definition) is 4. The van der Waals surface area contributed by atoms with E-state index in [-0.39, 0.29) is 5.91 Å². The second kappa shape index (κ2) is 7.97. The van der Waals surface area contributed by atoms with Gasteiger partial charge < -0.3 is 16.0 Å². The highest BCUT2D eigenvalue weighted by Gasteiger charge is 2.31. The molecule has 1 aliphatic heterocycles. The fraction of sp³-hybridized carbons (Fsp3) is 0.667. The van der Waals surface area contributed by atoms with Crippen LogP contribution in [0, 0.1) is 5.92 Å². The monoisotopic (exact) mass is 356 g/mol. The second-order valence-electron chi connectivity index (χ2n) is 8.38. The first-order valence-electron chi connectivity index (χ1n) is 10.3. The quantitative estimate of drug-likeness (QED) is 0.795. The first-order chi connectivity index (χ1) is 12.7. The summed E-state index contributed by atoms with van der Waals surface area (Å²) >= 11 is 0. The molecule has 2 aliphatic carbocycles. The van der Waals surface area contributed by atoms with Gasteiger partial charge in [-0.1, -0.05) is 0 Å². The number of benzene rings is 1. The van der Waals surface area contributed by atoms with Crippen molar-refractivity contribution >= 4 is 11.6 Å². The summed E-state index contributed by atoms with van der Waals surface area (Å²) in [4.78, 5) is 17.7. The van der Waals surface area contributed by atoms with Crippen molar-refractivity contribution in [3.8, 4) is 0 Å². The third-order valence-electron chi connectivity index (χ3n) is 6.34. The van der Waals surface area contributed by atoms with Crippen LogP contribution in [-0.2, 0) is 0 Å². The molecule has 1 aromatic rings. The maximum Gasteiger partial charge on any atom is 0.251 e. The van der Waals surface area contributed by atoms with E-state index < -0.39 is 0 Å². The Bertz CT molecular complexity index is 597. The van der Waals surface area contributed by atoms with Crippen molar-refractivity contribution in [2.75, 3.05) is 38.5 Å². The number of anilines is 1. The Morgan fingerprint density at radius 3 is 2.23 bits per heavy atom. The highest BCUT2D eigenvalue weighted by Crippen LogP contribution is 2.30. The van der Waals surface area contributed by atoms with Gasteiger partial charge >= 0.3 is 0 Å². The smallest absolute Gasteiger partial charge is 0.251 e. The molecule has 142 valence electrons. The maximum atomic E-state index is 12.4. The van der Waals surface area contributed by atoms with E-state index in [0.717, 1.165) is 18.8 Å². The minimum Gasteiger partial charge on any atom is -0.399 e. The molecule has 1 aromatic carbocycles. The van der Waals surface area contributed by atoms with Gasteiger partial charge in [0, 0.05) is 56.1 Å². The van der Waals surface area contributed by atoms with Crippen molar-refractivity contribution < 1.29 is 4.79 Å². The van der Waals surface area contributed by atoms with E-state index in [9.17, 15) is 4.79 Å². The van der Waals surface area contributed by atoms with Gasteiger partial charge in [0.15, 0.2) is 0 Å². The van der Waals surface area contributed by atoms with Crippen LogP contribution in [-0.4, -0.2) is 60.5 Å². The zero-order valence-electron chi connectivity index (χ0n) is 15.7. The summed E-state index contributed by atoms with van der Waals surface area (Å²) in [6, 6.07) is 8.20. The van der Waals surface area contributed by atoms with E-state index in [1.165, 1.54) is 58.4 Å². The summed E-state index contributed by atoms with van der Waals surface area (Å²) in [6.07, 6.45) is 7.49. The highest BCUT2D eigenvalue weighted by molar-refractivity contribution is 5.94. The van der Waals surface area contributed by atoms with Gasteiger partial charge in [0.2, 0.25) is 0 Å². The van der Waals surface area contributed by atoms with Crippen LogP contribution in [0.3, 0.4) is 0 Å². The predicted molar refractivity (Wildman–Crippen MR) is 105 cm³/mol. The van der Waals surface area contributed by atoms with E-state index in [2.05, 4.69) is 15.1 Å². The molecule has 4 rings (SSSR count). The van der Waals surface area contributed by atoms with E-state index >= 15 is 0 Å². The predicted octanol–water partition coefficient (Wildman–Crippen LogP) is 2.34. The number of nitrogens with two attached hydrogens (primary N) is 1. The summed E-state index contributed by atoms with van der Waals surface area (Å²) in [5, 5.41) is 3.21. The van der Waals surface area contributed by atoms with E-state index in [1.54, 1.807) is 24.3 Å². The molecule has 0 unspecified atom stereocenters. The molecule has 1 saturated heterocycles. The van der Waals surface area contributed by atoms with Gasteiger partial charge in [-0.15, -0.1) is 0 Å². The largest absolute Gasteiger partial charge is 0.399 e. The summed E-state index contributed by atoms with van der Waals surface area (Å²) in [7, 11) is 0. The molecule has 1 amide bonds. The molecule has 0 radical (unpaired) electrons. The van der Waals surface area contributed by atoms with Gasteiger partial charge in [0.25, 0.3) is 5.91 Å². The minimum atomic E-state index is 0.0298. The zero-order chi connectivity index (χ0) is 17.9. The molecule has 0 aromatic heterocycles. The number of rotatable bonds is 5. The molecular formula is C21H32N4O. The van der Waals surface area contributed by atoms with Crippen molar-refractivity contribution in [3.05, 3.63) is 29.8 Å². The van der Waals surface area contributed by atoms with Crippen molar-refractivity contribution in [3.63, 3.8) is 0 Å². The zero-order valence-corrected chi connectivity index (χ0v) is 15.7. The Morgan fingerprint density at radius 2 is 1.62 bits per heavy atom. The lowest BCUT2D eigenvalue weighted by Crippen LogP contribution is -2.52. The van der Waals surface area contributed by atoms with Gasteiger partial charge in [-0.05, 0) is 68.7 Å². The number of carbonyl (C=O) groups excluding carboxylic acids is 1. The van der Waals surface area contributed by atoms with E-state index in [1.807, 2.05) is 0 Å². The molecule has 5 heteroatoms. The molecule has 0 bridgehead atoms. The SMILES string of the molecule is Nc1ccc(C(=O)NC2CCC(N3CCN(CC4CC4)CC3)CC2)cc1. The number of nitrogens with one attached hydrogen (secondary N) is 1. The summed E-state index contributed by atoms with van der Waals surface area (Å²) < 4.78 is 0. The Balaban J connectivity index is 1.19. The lowest BCUT2D eigenvalue weighted by Gasteiger charge is -2.42. The lowest BCUT2D eigenvalue weighted by atomic mass is 9.89. The Kier molecular flexibility index (Phi) is 5.46. The Labute approximate surface area is 156 Å². The molecule has 1 heterocycles. The fourth-order valence-corrected chi connectivity index (χ4v) is 4.47. The molecule has 0 atom stereocenters. The summed E-state index contributed by atoms with van der Waals surface area (Å²) in [5.74, 6) is 1.03. The van der Waals surface area contributed by atoms with Crippen LogP contribution in [0.25, 0.3) is 0 Å². The van der Waals surface area contributed by atoms with E-state index in [0.29, 0.717) is 23.3 Å². The molecule has 26 heavy (non-hydrogen) atoms. The Morgan fingerprint density at radius 1 is 0.962 bits per heavy atom.